The Morgan fingerprint density at radius 1 is 1.07 bits per heavy atom. The van der Waals surface area contributed by atoms with E-state index in [9.17, 15) is 12.9 Å². The number of hydrogen-bond acceptors (Lipinski definition) is 1. The first kappa shape index (κ1) is 13.5. The summed E-state index contributed by atoms with van der Waals surface area (Å²) in [5.74, 6) is 0.568. The van der Waals surface area contributed by atoms with Crippen molar-refractivity contribution in [2.45, 2.75) is 31.7 Å². The molecule has 2 rings (SSSR count). The van der Waals surface area contributed by atoms with Crippen LogP contribution >= 0.6 is 0 Å². The van der Waals surface area contributed by atoms with Crippen LogP contribution in [0.25, 0.3) is 0 Å². The van der Waals surface area contributed by atoms with Crippen molar-refractivity contribution in [3.63, 3.8) is 0 Å². The molecule has 0 heterocycles. The van der Waals surface area contributed by atoms with Gasteiger partial charge in [0.25, 0.3) is 0 Å². The largest absolute Gasteiger partial charge is 1.00 e. The SMILES string of the molecule is F[B-](F)(F)CN(CC1CC1)C1CC1.[K+]. The molecule has 0 unspecified atom stereocenters. The molecule has 0 aliphatic heterocycles. The molecule has 14 heavy (non-hydrogen) atoms. The molecule has 0 aromatic heterocycles. The Balaban J connectivity index is 0.000000980. The van der Waals surface area contributed by atoms with Crippen LogP contribution in [0.2, 0.25) is 0 Å². The van der Waals surface area contributed by atoms with Crippen molar-refractivity contribution in [3.8, 4) is 0 Å². The molecule has 0 aromatic rings. The predicted molar refractivity (Wildman–Crippen MR) is 46.4 cm³/mol. The van der Waals surface area contributed by atoms with Crippen molar-refractivity contribution in [1.29, 1.82) is 0 Å². The van der Waals surface area contributed by atoms with E-state index in [-0.39, 0.29) is 57.4 Å². The fraction of sp³-hybridized carbons (Fsp3) is 1.00. The topological polar surface area (TPSA) is 3.24 Å². The fourth-order valence-electron chi connectivity index (χ4n) is 1.71. The number of halogens is 3. The second-order valence-electron chi connectivity index (χ2n) is 4.34. The summed E-state index contributed by atoms with van der Waals surface area (Å²) in [6.45, 7) is -3.93. The minimum absolute atomic E-state index is 0. The van der Waals surface area contributed by atoms with Gasteiger partial charge in [-0.25, -0.2) is 0 Å². The molecule has 0 bridgehead atoms. The zero-order valence-electron chi connectivity index (χ0n) is 8.56. The van der Waals surface area contributed by atoms with Crippen molar-refractivity contribution in [1.82, 2.24) is 4.90 Å². The summed E-state index contributed by atoms with van der Waals surface area (Å²) in [5, 5.41) is 0. The summed E-state index contributed by atoms with van der Waals surface area (Å²) in [6.07, 6.45) is 3.57. The monoisotopic (exact) mass is 231 g/mol. The van der Waals surface area contributed by atoms with E-state index < -0.39 is 13.4 Å². The van der Waals surface area contributed by atoms with E-state index in [1.807, 2.05) is 0 Å². The maximum atomic E-state index is 12.2. The first-order chi connectivity index (χ1) is 6.04. The average Bonchev–Trinajstić information content (AvgIpc) is 2.80. The Morgan fingerprint density at radius 3 is 2.00 bits per heavy atom. The first-order valence-electron chi connectivity index (χ1n) is 4.99. The third-order valence-electron chi connectivity index (χ3n) is 2.69. The molecule has 76 valence electrons. The minimum Gasteiger partial charge on any atom is -0.448 e. The molecule has 0 N–H and O–H groups in total. The maximum Gasteiger partial charge on any atom is 1.00 e. The third-order valence-corrected chi connectivity index (χ3v) is 2.69. The van der Waals surface area contributed by atoms with E-state index in [1.54, 1.807) is 4.90 Å². The van der Waals surface area contributed by atoms with E-state index >= 15 is 0 Å². The van der Waals surface area contributed by atoms with Crippen LogP contribution in [0.3, 0.4) is 0 Å². The van der Waals surface area contributed by atoms with Crippen molar-refractivity contribution in [2.75, 3.05) is 13.0 Å². The number of hydrogen-bond donors (Lipinski definition) is 0. The van der Waals surface area contributed by atoms with Gasteiger partial charge < -0.3 is 17.8 Å². The van der Waals surface area contributed by atoms with E-state index in [4.69, 9.17) is 0 Å². The Morgan fingerprint density at radius 2 is 1.64 bits per heavy atom. The molecule has 2 aliphatic rings. The Bertz CT molecular complexity index is 192. The standard InChI is InChI=1S/C8H14BF3N.K/c10-9(11,12)6-13(8-3-4-8)5-7-1-2-7;/h7-8H,1-6H2;/q-1;+1. The van der Waals surface area contributed by atoms with E-state index in [2.05, 4.69) is 0 Å². The molecule has 2 aliphatic carbocycles. The van der Waals surface area contributed by atoms with Crippen LogP contribution in [0.4, 0.5) is 12.9 Å². The molecule has 2 fully saturated rings. The Labute approximate surface area is 125 Å². The summed E-state index contributed by atoms with van der Waals surface area (Å²) in [7, 11) is 0. The van der Waals surface area contributed by atoms with Gasteiger partial charge in [-0.05, 0) is 44.6 Å². The Kier molecular flexibility index (Phi) is 5.01. The van der Waals surface area contributed by atoms with Gasteiger partial charge in [-0.1, -0.05) is 0 Å². The van der Waals surface area contributed by atoms with Crippen LogP contribution < -0.4 is 51.4 Å². The zero-order valence-corrected chi connectivity index (χ0v) is 11.7. The molecule has 6 heteroatoms. The van der Waals surface area contributed by atoms with Crippen LogP contribution in [0, 0.1) is 5.92 Å². The number of nitrogens with zero attached hydrogens (tertiary/aromatic N) is 1. The molecular formula is C8H14BF3KN. The van der Waals surface area contributed by atoms with Gasteiger partial charge >= 0.3 is 58.4 Å². The second-order valence-corrected chi connectivity index (χ2v) is 4.34. The molecule has 0 saturated heterocycles. The molecule has 0 amide bonds. The normalized spacial score (nSPS) is 22.3. The summed E-state index contributed by atoms with van der Waals surface area (Å²) in [4.78, 5) is 1.65. The maximum absolute atomic E-state index is 12.2. The van der Waals surface area contributed by atoms with Crippen molar-refractivity contribution < 1.29 is 64.3 Å². The minimum atomic E-state index is -4.62. The number of rotatable bonds is 5. The zero-order chi connectivity index (χ0) is 9.47. The summed E-state index contributed by atoms with van der Waals surface area (Å²) in [6, 6.07) is 0.254. The van der Waals surface area contributed by atoms with Crippen LogP contribution in [0.1, 0.15) is 25.7 Å². The molecular weight excluding hydrogens is 217 g/mol. The van der Waals surface area contributed by atoms with Gasteiger partial charge in [0.1, 0.15) is 0 Å². The smallest absolute Gasteiger partial charge is 0.448 e. The predicted octanol–water partition coefficient (Wildman–Crippen LogP) is -0.749. The van der Waals surface area contributed by atoms with Gasteiger partial charge in [0.2, 0.25) is 0 Å². The molecule has 0 spiro atoms. The van der Waals surface area contributed by atoms with Crippen molar-refractivity contribution >= 4 is 6.98 Å². The first-order valence-corrected chi connectivity index (χ1v) is 4.99. The van der Waals surface area contributed by atoms with Gasteiger partial charge in [0.05, 0.1) is 0 Å². The molecule has 0 aromatic carbocycles. The van der Waals surface area contributed by atoms with Gasteiger partial charge in [0.15, 0.2) is 0 Å². The fourth-order valence-corrected chi connectivity index (χ4v) is 1.71. The Hall–Kier alpha value is 1.45. The van der Waals surface area contributed by atoms with Gasteiger partial charge in [-0.15, -0.1) is 0 Å². The van der Waals surface area contributed by atoms with Crippen LogP contribution in [-0.2, 0) is 0 Å². The van der Waals surface area contributed by atoms with Gasteiger partial charge in [-0.2, -0.15) is 0 Å². The van der Waals surface area contributed by atoms with E-state index in [1.165, 1.54) is 0 Å². The van der Waals surface area contributed by atoms with Crippen LogP contribution in [-0.4, -0.2) is 30.9 Å². The summed E-state index contributed by atoms with van der Waals surface area (Å²) in [5.41, 5.74) is 0. The van der Waals surface area contributed by atoms with Crippen LogP contribution in [0.15, 0.2) is 0 Å². The molecule has 0 atom stereocenters. The van der Waals surface area contributed by atoms with Gasteiger partial charge in [-0.3, -0.25) is 0 Å². The van der Waals surface area contributed by atoms with Crippen molar-refractivity contribution in [3.05, 3.63) is 0 Å². The van der Waals surface area contributed by atoms with E-state index in [0.717, 1.165) is 25.7 Å². The summed E-state index contributed by atoms with van der Waals surface area (Å²) < 4.78 is 36.6. The molecule has 1 nitrogen and oxygen atoms in total. The molecule has 2 saturated carbocycles. The van der Waals surface area contributed by atoms with Gasteiger partial charge in [0, 0.05) is 6.04 Å². The van der Waals surface area contributed by atoms with Crippen molar-refractivity contribution in [2.24, 2.45) is 5.92 Å². The average molecular weight is 231 g/mol. The third kappa shape index (κ3) is 4.99. The second kappa shape index (κ2) is 5.19. The van der Waals surface area contributed by atoms with E-state index in [0.29, 0.717) is 12.5 Å². The van der Waals surface area contributed by atoms with Crippen LogP contribution in [0.5, 0.6) is 0 Å². The quantitative estimate of drug-likeness (QED) is 0.563. The molecule has 0 radical (unpaired) electrons. The summed E-state index contributed by atoms with van der Waals surface area (Å²) >= 11 is 0.